The number of hydrogen-bond acceptors (Lipinski definition) is 3. The van der Waals surface area contributed by atoms with Crippen LogP contribution in [0.15, 0.2) is 0 Å². The topological polar surface area (TPSA) is 49.5 Å². The van der Waals surface area contributed by atoms with Crippen LogP contribution in [0, 0.1) is 5.41 Å². The molecule has 3 nitrogen and oxygen atoms in total. The lowest BCUT2D eigenvalue weighted by Crippen LogP contribution is -2.57. The summed E-state index contributed by atoms with van der Waals surface area (Å²) in [6.07, 6.45) is 0. The van der Waals surface area contributed by atoms with Gasteiger partial charge in [0.2, 0.25) is 0 Å². The van der Waals surface area contributed by atoms with Crippen molar-refractivity contribution in [3.05, 3.63) is 0 Å². The van der Waals surface area contributed by atoms with E-state index in [1.165, 1.54) is 0 Å². The number of nitrogens with two attached hydrogens (primary N) is 1. The van der Waals surface area contributed by atoms with Crippen LogP contribution in [0.25, 0.3) is 0 Å². The first-order chi connectivity index (χ1) is 6.75. The highest BCUT2D eigenvalue weighted by molar-refractivity contribution is 4.90. The van der Waals surface area contributed by atoms with Gasteiger partial charge in [-0.2, -0.15) is 0 Å². The van der Waals surface area contributed by atoms with Crippen molar-refractivity contribution in [2.45, 2.75) is 59.7 Å². The van der Waals surface area contributed by atoms with Crippen LogP contribution in [0.4, 0.5) is 0 Å². The molecule has 0 aromatic rings. The lowest BCUT2D eigenvalue weighted by atomic mass is 9.82. The summed E-state index contributed by atoms with van der Waals surface area (Å²) in [7, 11) is 0. The maximum Gasteiger partial charge on any atom is 0.0602 e. The Morgan fingerprint density at radius 1 is 1.27 bits per heavy atom. The van der Waals surface area contributed by atoms with Crippen molar-refractivity contribution in [1.29, 1.82) is 0 Å². The minimum absolute atomic E-state index is 0.00940. The summed E-state index contributed by atoms with van der Waals surface area (Å²) in [6, 6.07) is 0.459. The van der Waals surface area contributed by atoms with Crippen molar-refractivity contribution in [1.82, 2.24) is 4.90 Å². The van der Waals surface area contributed by atoms with Crippen LogP contribution >= 0.6 is 0 Å². The van der Waals surface area contributed by atoms with Crippen molar-refractivity contribution in [2.24, 2.45) is 11.1 Å². The standard InChI is InChI=1S/C12H28N2O/c1-7-14(9(2)3)10(8-15)11(13)12(4,5)6/h9-11,15H,7-8,13H2,1-6H3. The van der Waals surface area contributed by atoms with E-state index in [0.29, 0.717) is 6.04 Å². The zero-order valence-corrected chi connectivity index (χ0v) is 11.1. The second-order valence-corrected chi connectivity index (χ2v) is 5.57. The summed E-state index contributed by atoms with van der Waals surface area (Å²) in [5, 5.41) is 9.49. The third kappa shape index (κ3) is 4.09. The number of hydrogen-bond donors (Lipinski definition) is 2. The fraction of sp³-hybridized carbons (Fsp3) is 1.00. The molecule has 0 saturated heterocycles. The molecule has 0 aromatic heterocycles. The molecule has 0 aliphatic heterocycles. The van der Waals surface area contributed by atoms with Crippen molar-refractivity contribution in [3.8, 4) is 0 Å². The van der Waals surface area contributed by atoms with Crippen LogP contribution in [-0.2, 0) is 0 Å². The first-order valence-corrected chi connectivity index (χ1v) is 5.87. The van der Waals surface area contributed by atoms with Gasteiger partial charge in [0.15, 0.2) is 0 Å². The molecule has 2 unspecified atom stereocenters. The third-order valence-corrected chi connectivity index (χ3v) is 3.06. The van der Waals surface area contributed by atoms with Crippen molar-refractivity contribution in [2.75, 3.05) is 13.2 Å². The van der Waals surface area contributed by atoms with Gasteiger partial charge >= 0.3 is 0 Å². The van der Waals surface area contributed by atoms with Gasteiger partial charge in [0.1, 0.15) is 0 Å². The average molecular weight is 216 g/mol. The Bertz CT molecular complexity index is 173. The summed E-state index contributed by atoms with van der Waals surface area (Å²) in [5.74, 6) is 0. The lowest BCUT2D eigenvalue weighted by molar-refractivity contribution is 0.0540. The lowest BCUT2D eigenvalue weighted by Gasteiger charge is -2.41. The minimum atomic E-state index is -0.00940. The monoisotopic (exact) mass is 216 g/mol. The highest BCUT2D eigenvalue weighted by Crippen LogP contribution is 2.23. The number of rotatable bonds is 5. The van der Waals surface area contributed by atoms with Gasteiger partial charge in [-0.15, -0.1) is 0 Å². The van der Waals surface area contributed by atoms with Gasteiger partial charge in [0.25, 0.3) is 0 Å². The molecule has 0 amide bonds. The van der Waals surface area contributed by atoms with E-state index in [1.54, 1.807) is 0 Å². The van der Waals surface area contributed by atoms with Crippen molar-refractivity contribution >= 4 is 0 Å². The zero-order valence-electron chi connectivity index (χ0n) is 11.1. The van der Waals surface area contributed by atoms with Crippen LogP contribution in [0.5, 0.6) is 0 Å². The van der Waals surface area contributed by atoms with E-state index in [0.717, 1.165) is 6.54 Å². The zero-order chi connectivity index (χ0) is 12.2. The van der Waals surface area contributed by atoms with Crippen LogP contribution in [0.3, 0.4) is 0 Å². The maximum atomic E-state index is 9.49. The molecule has 0 bridgehead atoms. The number of likely N-dealkylation sites (N-methyl/N-ethyl adjacent to an activating group) is 1. The second kappa shape index (κ2) is 5.83. The molecule has 0 aliphatic rings. The molecular formula is C12H28N2O. The Balaban J connectivity index is 4.73. The van der Waals surface area contributed by atoms with Gasteiger partial charge in [-0.3, -0.25) is 4.90 Å². The molecule has 0 aromatic carbocycles. The predicted octanol–water partition coefficient (Wildman–Crippen LogP) is 1.45. The van der Waals surface area contributed by atoms with Crippen LogP contribution in [0.1, 0.15) is 41.5 Å². The Labute approximate surface area is 94.6 Å². The first kappa shape index (κ1) is 14.9. The highest BCUT2D eigenvalue weighted by atomic mass is 16.3. The van der Waals surface area contributed by atoms with Crippen molar-refractivity contribution < 1.29 is 5.11 Å². The van der Waals surface area contributed by atoms with E-state index < -0.39 is 0 Å². The molecule has 0 rings (SSSR count). The number of aliphatic hydroxyl groups is 1. The molecule has 0 aliphatic carbocycles. The van der Waals surface area contributed by atoms with E-state index in [1.807, 2.05) is 0 Å². The predicted molar refractivity (Wildman–Crippen MR) is 65.8 cm³/mol. The fourth-order valence-corrected chi connectivity index (χ4v) is 1.98. The summed E-state index contributed by atoms with van der Waals surface area (Å²) in [5.41, 5.74) is 6.24. The largest absolute Gasteiger partial charge is 0.395 e. The van der Waals surface area contributed by atoms with Gasteiger partial charge in [0, 0.05) is 18.1 Å². The second-order valence-electron chi connectivity index (χ2n) is 5.57. The molecule has 92 valence electrons. The number of nitrogens with zero attached hydrogens (tertiary/aromatic N) is 1. The molecule has 2 atom stereocenters. The molecule has 15 heavy (non-hydrogen) atoms. The van der Waals surface area contributed by atoms with Crippen LogP contribution in [0.2, 0.25) is 0 Å². The van der Waals surface area contributed by atoms with Gasteiger partial charge in [0.05, 0.1) is 6.61 Å². The van der Waals surface area contributed by atoms with E-state index in [2.05, 4.69) is 46.4 Å². The van der Waals surface area contributed by atoms with Gasteiger partial charge in [-0.25, -0.2) is 0 Å². The van der Waals surface area contributed by atoms with Crippen molar-refractivity contribution in [3.63, 3.8) is 0 Å². The quantitative estimate of drug-likeness (QED) is 0.731. The van der Waals surface area contributed by atoms with Gasteiger partial charge < -0.3 is 10.8 Å². The average Bonchev–Trinajstić information content (AvgIpc) is 2.10. The highest BCUT2D eigenvalue weighted by Gasteiger charge is 2.32. The first-order valence-electron chi connectivity index (χ1n) is 5.87. The summed E-state index contributed by atoms with van der Waals surface area (Å²) < 4.78 is 0. The fourth-order valence-electron chi connectivity index (χ4n) is 1.98. The van der Waals surface area contributed by atoms with Gasteiger partial charge in [-0.1, -0.05) is 27.7 Å². The van der Waals surface area contributed by atoms with E-state index >= 15 is 0 Å². The third-order valence-electron chi connectivity index (χ3n) is 3.06. The molecule has 3 heteroatoms. The SMILES string of the molecule is CCN(C(C)C)C(CO)C(N)C(C)(C)C. The molecule has 0 saturated carbocycles. The molecule has 0 heterocycles. The van der Waals surface area contributed by atoms with E-state index in [9.17, 15) is 5.11 Å². The van der Waals surface area contributed by atoms with Gasteiger partial charge in [-0.05, 0) is 25.8 Å². The van der Waals surface area contributed by atoms with Crippen LogP contribution in [-0.4, -0.2) is 41.3 Å². The summed E-state index contributed by atoms with van der Waals surface area (Å²) in [4.78, 5) is 2.26. The number of aliphatic hydroxyl groups excluding tert-OH is 1. The smallest absolute Gasteiger partial charge is 0.0602 e. The Morgan fingerprint density at radius 2 is 1.73 bits per heavy atom. The maximum absolute atomic E-state index is 9.49. The molecule has 3 N–H and O–H groups in total. The Hall–Kier alpha value is -0.120. The summed E-state index contributed by atoms with van der Waals surface area (Å²) >= 11 is 0. The van der Waals surface area contributed by atoms with Crippen LogP contribution < -0.4 is 5.73 Å². The molecule has 0 radical (unpaired) electrons. The minimum Gasteiger partial charge on any atom is -0.395 e. The Morgan fingerprint density at radius 3 is 1.93 bits per heavy atom. The molecular weight excluding hydrogens is 188 g/mol. The van der Waals surface area contributed by atoms with E-state index in [-0.39, 0.29) is 24.1 Å². The normalized spacial score (nSPS) is 17.2. The Kier molecular flexibility index (Phi) is 5.78. The van der Waals surface area contributed by atoms with E-state index in [4.69, 9.17) is 5.73 Å². The summed E-state index contributed by atoms with van der Waals surface area (Å²) in [6.45, 7) is 13.8. The molecule has 0 spiro atoms. The molecule has 0 fully saturated rings.